The van der Waals surface area contributed by atoms with Gasteiger partial charge in [-0.15, -0.1) is 0 Å². The molecule has 5 rings (SSSR count). The molecule has 0 radical (unpaired) electrons. The Bertz CT molecular complexity index is 1100. The molecule has 0 saturated heterocycles. The van der Waals surface area contributed by atoms with Crippen molar-refractivity contribution >= 4 is 11.6 Å². The fourth-order valence-electron chi connectivity index (χ4n) is 4.77. The third kappa shape index (κ3) is 2.94. The van der Waals surface area contributed by atoms with Crippen LogP contribution in [0.25, 0.3) is 0 Å². The van der Waals surface area contributed by atoms with Gasteiger partial charge in [0, 0.05) is 12.2 Å². The monoisotopic (exact) mass is 400 g/mol. The largest absolute Gasteiger partial charge is 0.493 e. The molecule has 1 amide bonds. The summed E-state index contributed by atoms with van der Waals surface area (Å²) in [6.45, 7) is 0.772. The quantitative estimate of drug-likeness (QED) is 0.710. The predicted octanol–water partition coefficient (Wildman–Crippen LogP) is 4.34. The van der Waals surface area contributed by atoms with Crippen molar-refractivity contribution < 1.29 is 14.3 Å². The Morgan fingerprint density at radius 3 is 2.33 bits per heavy atom. The smallest absolute Gasteiger partial charge is 0.246 e. The lowest BCUT2D eigenvalue weighted by Gasteiger charge is -2.40. The predicted molar refractivity (Wildman–Crippen MR) is 116 cm³/mol. The zero-order valence-corrected chi connectivity index (χ0v) is 17.1. The van der Waals surface area contributed by atoms with E-state index in [0.29, 0.717) is 5.75 Å². The van der Waals surface area contributed by atoms with E-state index in [1.165, 1.54) is 5.56 Å². The van der Waals surface area contributed by atoms with E-state index < -0.39 is 0 Å². The minimum Gasteiger partial charge on any atom is -0.493 e. The fourth-order valence-corrected chi connectivity index (χ4v) is 4.77. The van der Waals surface area contributed by atoms with Crippen LogP contribution >= 0.6 is 0 Å². The summed E-state index contributed by atoms with van der Waals surface area (Å²) in [5.41, 5.74) is 5.33. The molecule has 2 unspecified atom stereocenters. The molecule has 3 aromatic rings. The number of para-hydroxylation sites is 1. The average molecular weight is 400 g/mol. The third-order valence-electron chi connectivity index (χ3n) is 6.12. The summed E-state index contributed by atoms with van der Waals surface area (Å²) >= 11 is 0. The van der Waals surface area contributed by atoms with Gasteiger partial charge in [-0.2, -0.15) is 0 Å². The van der Waals surface area contributed by atoms with Gasteiger partial charge in [-0.3, -0.25) is 9.69 Å². The minimum absolute atomic E-state index is 0.0000710. The van der Waals surface area contributed by atoms with Crippen LogP contribution in [-0.2, 0) is 11.2 Å². The van der Waals surface area contributed by atoms with Gasteiger partial charge in [0.1, 0.15) is 6.04 Å². The minimum atomic E-state index is -0.371. The molecule has 0 spiro atoms. The Hall–Kier alpha value is -3.31. The molecule has 0 saturated carbocycles. The van der Waals surface area contributed by atoms with Crippen molar-refractivity contribution in [2.75, 3.05) is 26.1 Å². The molecule has 2 aliphatic heterocycles. The molecule has 2 aliphatic rings. The summed E-state index contributed by atoms with van der Waals surface area (Å²) in [6, 6.07) is 21.8. The molecule has 3 aromatic carbocycles. The van der Waals surface area contributed by atoms with Crippen molar-refractivity contribution in [3.8, 4) is 11.5 Å². The molecule has 5 nitrogen and oxygen atoms in total. The van der Waals surface area contributed by atoms with Crippen molar-refractivity contribution in [1.29, 1.82) is 0 Å². The van der Waals surface area contributed by atoms with E-state index >= 15 is 0 Å². The number of rotatable bonds is 3. The first kappa shape index (κ1) is 18.7. The Labute approximate surface area is 176 Å². The number of carbonyl (C=O) groups excluding carboxylic acids is 1. The number of amides is 1. The van der Waals surface area contributed by atoms with Crippen LogP contribution in [0.3, 0.4) is 0 Å². The van der Waals surface area contributed by atoms with E-state index in [9.17, 15) is 4.79 Å². The zero-order valence-electron chi connectivity index (χ0n) is 17.1. The zero-order chi connectivity index (χ0) is 20.7. The van der Waals surface area contributed by atoms with Crippen LogP contribution in [0.2, 0.25) is 0 Å². The maximum atomic E-state index is 13.4. The van der Waals surface area contributed by atoms with Crippen molar-refractivity contribution in [2.45, 2.75) is 18.5 Å². The first-order valence-corrected chi connectivity index (χ1v) is 10.2. The number of anilines is 1. The standard InChI is InChI=1S/C25H24N2O3/c1-29-21-14-17-12-13-27-23(16-8-4-3-5-9-16)25(28)26-20-11-7-6-10-18(20)24(27)19(17)15-22(21)30-2/h3-11,14-15,23-24H,12-13H2,1-2H3,(H,26,28). The summed E-state index contributed by atoms with van der Waals surface area (Å²) in [5.74, 6) is 1.44. The van der Waals surface area contributed by atoms with Crippen molar-refractivity contribution in [2.24, 2.45) is 0 Å². The van der Waals surface area contributed by atoms with Crippen molar-refractivity contribution in [1.82, 2.24) is 4.90 Å². The molecule has 1 N–H and O–H groups in total. The third-order valence-corrected chi connectivity index (χ3v) is 6.12. The first-order valence-electron chi connectivity index (χ1n) is 10.2. The number of nitrogens with one attached hydrogen (secondary N) is 1. The molecule has 5 heteroatoms. The summed E-state index contributed by atoms with van der Waals surface area (Å²) in [6.07, 6.45) is 0.838. The van der Waals surface area contributed by atoms with Gasteiger partial charge in [0.15, 0.2) is 11.5 Å². The number of carbonyl (C=O) groups is 1. The second-order valence-electron chi connectivity index (χ2n) is 7.69. The molecular formula is C25H24N2O3. The molecule has 0 aliphatic carbocycles. The molecular weight excluding hydrogens is 376 g/mol. The van der Waals surface area contributed by atoms with Gasteiger partial charge in [0.05, 0.1) is 20.3 Å². The Kier molecular flexibility index (Phi) is 4.68. The normalized spacial score (nSPS) is 20.3. The molecule has 0 aromatic heterocycles. The Morgan fingerprint density at radius 2 is 1.57 bits per heavy atom. The highest BCUT2D eigenvalue weighted by Crippen LogP contribution is 2.47. The number of methoxy groups -OCH3 is 2. The van der Waals surface area contributed by atoms with E-state index in [1.54, 1.807) is 14.2 Å². The van der Waals surface area contributed by atoms with Crippen molar-refractivity contribution in [3.63, 3.8) is 0 Å². The van der Waals surface area contributed by atoms with Crippen molar-refractivity contribution in [3.05, 3.63) is 89.0 Å². The van der Waals surface area contributed by atoms with E-state index in [0.717, 1.165) is 41.1 Å². The van der Waals surface area contributed by atoms with Gasteiger partial charge >= 0.3 is 0 Å². The second-order valence-corrected chi connectivity index (χ2v) is 7.69. The molecule has 30 heavy (non-hydrogen) atoms. The van der Waals surface area contributed by atoms with Crippen LogP contribution in [-0.4, -0.2) is 31.6 Å². The van der Waals surface area contributed by atoms with Crippen LogP contribution < -0.4 is 14.8 Å². The van der Waals surface area contributed by atoms with E-state index in [1.807, 2.05) is 48.5 Å². The lowest BCUT2D eigenvalue weighted by Crippen LogP contribution is -2.41. The van der Waals surface area contributed by atoms with Gasteiger partial charge in [-0.05, 0) is 46.9 Å². The number of hydrogen-bond donors (Lipinski definition) is 1. The summed E-state index contributed by atoms with van der Waals surface area (Å²) in [5, 5.41) is 3.17. The molecule has 0 fully saturated rings. The van der Waals surface area contributed by atoms with Gasteiger partial charge in [-0.1, -0.05) is 48.5 Å². The first-order chi connectivity index (χ1) is 14.7. The van der Waals surface area contributed by atoms with E-state index in [4.69, 9.17) is 9.47 Å². The van der Waals surface area contributed by atoms with Crippen LogP contribution in [0.15, 0.2) is 66.7 Å². The highest BCUT2D eigenvalue weighted by Gasteiger charge is 2.41. The summed E-state index contributed by atoms with van der Waals surface area (Å²) < 4.78 is 11.1. The SMILES string of the molecule is COc1cc2c(cc1OC)C1c3ccccc3NC(=O)C(c3ccccc3)N1CC2. The lowest BCUT2D eigenvalue weighted by atomic mass is 9.86. The highest BCUT2D eigenvalue weighted by atomic mass is 16.5. The summed E-state index contributed by atoms with van der Waals surface area (Å²) in [7, 11) is 3.32. The number of hydrogen-bond acceptors (Lipinski definition) is 4. The number of nitrogens with zero attached hydrogens (tertiary/aromatic N) is 1. The maximum Gasteiger partial charge on any atom is 0.246 e. The average Bonchev–Trinajstić information content (AvgIpc) is 2.92. The number of ether oxygens (including phenoxy) is 2. The topological polar surface area (TPSA) is 50.8 Å². The molecule has 2 atom stereocenters. The Balaban J connectivity index is 1.73. The fraction of sp³-hybridized carbons (Fsp3) is 0.240. The second kappa shape index (κ2) is 7.50. The maximum absolute atomic E-state index is 13.4. The van der Waals surface area contributed by atoms with Crippen LogP contribution in [0, 0.1) is 0 Å². The van der Waals surface area contributed by atoms with E-state index in [-0.39, 0.29) is 18.0 Å². The molecule has 2 heterocycles. The van der Waals surface area contributed by atoms with Crippen LogP contribution in [0.1, 0.15) is 34.3 Å². The van der Waals surface area contributed by atoms with Gasteiger partial charge in [0.2, 0.25) is 5.91 Å². The number of fused-ring (bicyclic) bond motifs is 5. The van der Waals surface area contributed by atoms with E-state index in [2.05, 4.69) is 28.4 Å². The van der Waals surface area contributed by atoms with Crippen LogP contribution in [0.4, 0.5) is 5.69 Å². The van der Waals surface area contributed by atoms with Crippen LogP contribution in [0.5, 0.6) is 11.5 Å². The summed E-state index contributed by atoms with van der Waals surface area (Å²) in [4.78, 5) is 15.7. The lowest BCUT2D eigenvalue weighted by molar-refractivity contribution is -0.122. The highest BCUT2D eigenvalue weighted by molar-refractivity contribution is 5.97. The molecule has 0 bridgehead atoms. The van der Waals surface area contributed by atoms with Gasteiger partial charge in [-0.25, -0.2) is 0 Å². The van der Waals surface area contributed by atoms with Gasteiger partial charge < -0.3 is 14.8 Å². The Morgan fingerprint density at radius 1 is 0.867 bits per heavy atom. The van der Waals surface area contributed by atoms with Gasteiger partial charge in [0.25, 0.3) is 0 Å². The number of benzene rings is 3. The molecule has 152 valence electrons.